The lowest BCUT2D eigenvalue weighted by Gasteiger charge is -2.29. The van der Waals surface area contributed by atoms with Gasteiger partial charge in [0.2, 0.25) is 11.8 Å². The van der Waals surface area contributed by atoms with Crippen LogP contribution in [0.5, 0.6) is 0 Å². The highest BCUT2D eigenvalue weighted by Gasteiger charge is 2.28. The minimum atomic E-state index is -0.354. The summed E-state index contributed by atoms with van der Waals surface area (Å²) >= 11 is 7.68. The summed E-state index contributed by atoms with van der Waals surface area (Å²) in [6, 6.07) is 4.37. The maximum Gasteiger partial charge on any atom is 0.228 e. The molecule has 0 spiro atoms. The molecular formula is C21H24ClFN4O2S. The second-order valence-corrected chi connectivity index (χ2v) is 8.89. The first kappa shape index (κ1) is 21.2. The fourth-order valence-corrected chi connectivity index (χ4v) is 5.24. The number of hydrogen-bond acceptors (Lipinski definition) is 5. The standard InChI is InChI=1S/C21H24ClFN4O2S/c22-15-5-3-6-16(23)20(15)17(26-8-1-2-9-26)12-24-18(28)11-14-13-30-21(25-14)27-10-4-7-19(27)29/h3,5-6,13,17H,1-2,4,7-12H2,(H,24,28). The van der Waals surface area contributed by atoms with Crippen molar-refractivity contribution >= 4 is 39.9 Å². The zero-order chi connectivity index (χ0) is 21.1. The van der Waals surface area contributed by atoms with Gasteiger partial charge in [0, 0.05) is 35.5 Å². The second kappa shape index (κ2) is 9.41. The number of halogens is 2. The predicted molar refractivity (Wildman–Crippen MR) is 115 cm³/mol. The van der Waals surface area contributed by atoms with E-state index < -0.39 is 0 Å². The molecule has 0 bridgehead atoms. The molecule has 2 saturated heterocycles. The number of rotatable bonds is 7. The van der Waals surface area contributed by atoms with Gasteiger partial charge in [-0.2, -0.15) is 0 Å². The van der Waals surface area contributed by atoms with Crippen molar-refractivity contribution in [3.63, 3.8) is 0 Å². The fraction of sp³-hybridized carbons (Fsp3) is 0.476. The number of benzene rings is 1. The summed E-state index contributed by atoms with van der Waals surface area (Å²) in [5, 5.41) is 5.76. The Bertz CT molecular complexity index is 911. The SMILES string of the molecule is O=C(Cc1csc(N2CCCC2=O)n1)NCC(c1c(F)cccc1Cl)N1CCCC1. The third-order valence-electron chi connectivity index (χ3n) is 5.59. The van der Waals surface area contributed by atoms with Gasteiger partial charge in [0.1, 0.15) is 5.82 Å². The van der Waals surface area contributed by atoms with Gasteiger partial charge in [0.05, 0.1) is 18.2 Å². The molecule has 1 unspecified atom stereocenters. The van der Waals surface area contributed by atoms with Crippen LogP contribution in [0.25, 0.3) is 0 Å². The molecule has 1 atom stereocenters. The minimum Gasteiger partial charge on any atom is -0.354 e. The number of carbonyl (C=O) groups excluding carboxylic acids is 2. The van der Waals surface area contributed by atoms with E-state index in [1.165, 1.54) is 17.4 Å². The van der Waals surface area contributed by atoms with Crippen LogP contribution in [0.1, 0.15) is 43.0 Å². The maximum atomic E-state index is 14.5. The molecule has 0 saturated carbocycles. The van der Waals surface area contributed by atoms with Crippen molar-refractivity contribution in [2.24, 2.45) is 0 Å². The Kier molecular flexibility index (Phi) is 6.65. The summed E-state index contributed by atoms with van der Waals surface area (Å²) in [6.07, 6.45) is 3.60. The van der Waals surface area contributed by atoms with Gasteiger partial charge in [0.25, 0.3) is 0 Å². The Morgan fingerprint density at radius 3 is 2.77 bits per heavy atom. The van der Waals surface area contributed by atoms with Crippen molar-refractivity contribution in [2.75, 3.05) is 31.1 Å². The number of likely N-dealkylation sites (tertiary alicyclic amines) is 1. The van der Waals surface area contributed by atoms with E-state index in [9.17, 15) is 14.0 Å². The predicted octanol–water partition coefficient (Wildman–Crippen LogP) is 3.56. The largest absolute Gasteiger partial charge is 0.354 e. The van der Waals surface area contributed by atoms with E-state index in [0.717, 1.165) is 32.4 Å². The third kappa shape index (κ3) is 4.66. The maximum absolute atomic E-state index is 14.5. The summed E-state index contributed by atoms with van der Waals surface area (Å²) < 4.78 is 14.5. The molecule has 0 radical (unpaired) electrons. The number of nitrogens with one attached hydrogen (secondary N) is 1. The number of carbonyl (C=O) groups is 2. The van der Waals surface area contributed by atoms with Gasteiger partial charge >= 0.3 is 0 Å². The molecule has 6 nitrogen and oxygen atoms in total. The van der Waals surface area contributed by atoms with Crippen molar-refractivity contribution < 1.29 is 14.0 Å². The lowest BCUT2D eigenvalue weighted by atomic mass is 10.0. The smallest absolute Gasteiger partial charge is 0.228 e. The molecular weight excluding hydrogens is 427 g/mol. The van der Waals surface area contributed by atoms with E-state index in [1.807, 2.05) is 5.38 Å². The molecule has 1 aromatic carbocycles. The molecule has 9 heteroatoms. The molecule has 1 N–H and O–H groups in total. The minimum absolute atomic E-state index is 0.0792. The van der Waals surface area contributed by atoms with E-state index >= 15 is 0 Å². The fourth-order valence-electron chi connectivity index (χ4n) is 4.09. The Morgan fingerprint density at radius 2 is 2.07 bits per heavy atom. The number of thiazole rings is 1. The molecule has 160 valence electrons. The third-order valence-corrected chi connectivity index (χ3v) is 6.83. The summed E-state index contributed by atoms with van der Waals surface area (Å²) in [4.78, 5) is 32.7. The molecule has 2 amide bonds. The van der Waals surface area contributed by atoms with Crippen LogP contribution < -0.4 is 10.2 Å². The first-order chi connectivity index (χ1) is 14.5. The lowest BCUT2D eigenvalue weighted by molar-refractivity contribution is -0.120. The van der Waals surface area contributed by atoms with Gasteiger partial charge in [-0.15, -0.1) is 11.3 Å². The molecule has 2 fully saturated rings. The van der Waals surface area contributed by atoms with Crippen LogP contribution in [-0.4, -0.2) is 47.9 Å². The van der Waals surface area contributed by atoms with Gasteiger partial charge < -0.3 is 5.32 Å². The molecule has 2 aromatic rings. The van der Waals surface area contributed by atoms with E-state index in [2.05, 4.69) is 15.2 Å². The van der Waals surface area contributed by atoms with Crippen molar-refractivity contribution in [1.29, 1.82) is 0 Å². The van der Waals surface area contributed by atoms with Gasteiger partial charge in [-0.1, -0.05) is 17.7 Å². The zero-order valence-electron chi connectivity index (χ0n) is 16.6. The first-order valence-electron chi connectivity index (χ1n) is 10.2. The van der Waals surface area contributed by atoms with Gasteiger partial charge in [-0.3, -0.25) is 19.4 Å². The average molecular weight is 451 g/mol. The highest BCUT2D eigenvalue weighted by Crippen LogP contribution is 2.32. The zero-order valence-corrected chi connectivity index (χ0v) is 18.1. The quantitative estimate of drug-likeness (QED) is 0.700. The Labute approximate surface area is 184 Å². The van der Waals surface area contributed by atoms with Crippen LogP contribution in [-0.2, 0) is 16.0 Å². The molecule has 30 heavy (non-hydrogen) atoms. The van der Waals surface area contributed by atoms with E-state index in [0.29, 0.717) is 34.4 Å². The topological polar surface area (TPSA) is 65.5 Å². The number of aromatic nitrogens is 1. The van der Waals surface area contributed by atoms with Crippen LogP contribution in [0.3, 0.4) is 0 Å². The lowest BCUT2D eigenvalue weighted by Crippen LogP contribution is -2.38. The number of amides is 2. The molecule has 3 heterocycles. The summed E-state index contributed by atoms with van der Waals surface area (Å²) in [7, 11) is 0. The van der Waals surface area contributed by atoms with Crippen molar-refractivity contribution in [3.8, 4) is 0 Å². The molecule has 2 aliphatic rings. The second-order valence-electron chi connectivity index (χ2n) is 7.65. The van der Waals surface area contributed by atoms with Gasteiger partial charge in [-0.25, -0.2) is 9.37 Å². The molecule has 2 aliphatic heterocycles. The van der Waals surface area contributed by atoms with Gasteiger partial charge in [-0.05, 0) is 44.5 Å². The molecule has 1 aromatic heterocycles. The Balaban J connectivity index is 1.40. The monoisotopic (exact) mass is 450 g/mol. The number of anilines is 1. The first-order valence-corrected chi connectivity index (χ1v) is 11.5. The summed E-state index contributed by atoms with van der Waals surface area (Å²) in [5.41, 5.74) is 1.07. The van der Waals surface area contributed by atoms with Crippen molar-refractivity contribution in [2.45, 2.75) is 38.1 Å². The van der Waals surface area contributed by atoms with E-state index in [-0.39, 0.29) is 36.6 Å². The van der Waals surface area contributed by atoms with Crippen LogP contribution in [0.4, 0.5) is 9.52 Å². The van der Waals surface area contributed by atoms with Crippen molar-refractivity contribution in [3.05, 3.63) is 45.7 Å². The van der Waals surface area contributed by atoms with E-state index in [4.69, 9.17) is 11.6 Å². The van der Waals surface area contributed by atoms with Gasteiger partial charge in [0.15, 0.2) is 5.13 Å². The highest BCUT2D eigenvalue weighted by atomic mass is 35.5. The average Bonchev–Trinajstić information content (AvgIpc) is 3.46. The van der Waals surface area contributed by atoms with Crippen molar-refractivity contribution in [1.82, 2.24) is 15.2 Å². The van der Waals surface area contributed by atoms with Crippen LogP contribution in [0.15, 0.2) is 23.6 Å². The number of nitrogens with zero attached hydrogens (tertiary/aromatic N) is 3. The van der Waals surface area contributed by atoms with Crippen LogP contribution in [0.2, 0.25) is 5.02 Å². The Hall–Kier alpha value is -2.03. The van der Waals surface area contributed by atoms with Crippen LogP contribution in [0, 0.1) is 5.82 Å². The van der Waals surface area contributed by atoms with E-state index in [1.54, 1.807) is 17.0 Å². The highest BCUT2D eigenvalue weighted by molar-refractivity contribution is 7.14. The molecule has 0 aliphatic carbocycles. The number of hydrogen-bond donors (Lipinski definition) is 1. The Morgan fingerprint density at radius 1 is 1.27 bits per heavy atom. The normalized spacial score (nSPS) is 18.2. The summed E-state index contributed by atoms with van der Waals surface area (Å²) in [5.74, 6) is -0.458. The summed E-state index contributed by atoms with van der Waals surface area (Å²) in [6.45, 7) is 2.66. The van der Waals surface area contributed by atoms with Crippen LogP contribution >= 0.6 is 22.9 Å². The molecule has 4 rings (SSSR count).